The molecule has 0 spiro atoms. The second-order valence-corrected chi connectivity index (χ2v) is 11.1. The van der Waals surface area contributed by atoms with Crippen LogP contribution >= 0.6 is 0 Å². The third kappa shape index (κ3) is 3.40. The molecule has 4 fully saturated rings. The smallest absolute Gasteiger partial charge is 0.0882 e. The van der Waals surface area contributed by atoms with E-state index >= 15 is 0 Å². The zero-order valence-electron chi connectivity index (χ0n) is 17.8. The summed E-state index contributed by atoms with van der Waals surface area (Å²) in [5, 5.41) is 20.7. The third-order valence-corrected chi connectivity index (χ3v) is 9.81. The molecule has 4 aliphatic carbocycles. The maximum absolute atomic E-state index is 10.9. The Morgan fingerprint density at radius 1 is 1.00 bits per heavy atom. The highest BCUT2D eigenvalue weighted by atomic mass is 16.5. The summed E-state index contributed by atoms with van der Waals surface area (Å²) in [7, 11) is 1.72. The van der Waals surface area contributed by atoms with E-state index in [0.717, 1.165) is 36.5 Å². The number of ether oxygens (including phenoxy) is 1. The predicted molar refractivity (Wildman–Crippen MR) is 108 cm³/mol. The molecule has 4 aliphatic rings. The number of aliphatic hydroxyl groups excluding tert-OH is 1. The van der Waals surface area contributed by atoms with E-state index in [1.807, 2.05) is 0 Å². The molecule has 4 rings (SSSR count). The van der Waals surface area contributed by atoms with E-state index in [-0.39, 0.29) is 0 Å². The highest BCUT2D eigenvalue weighted by Crippen LogP contribution is 2.64. The number of aliphatic hydroxyl groups is 2. The summed E-state index contributed by atoms with van der Waals surface area (Å²) in [6.07, 6.45) is 12.6. The highest BCUT2D eigenvalue weighted by molar-refractivity contribution is 5.06. The van der Waals surface area contributed by atoms with Gasteiger partial charge in [-0.15, -0.1) is 0 Å². The monoisotopic (exact) mass is 378 g/mol. The SMILES string of the molecule is COC[C@@]1(O)CC[C@H]2[C@H](CC[C@@H]3[C@@H]2CC[C@]2(C)C([C@H](C)CO)CCC[C@@H]32)C1. The van der Waals surface area contributed by atoms with Crippen LogP contribution in [0, 0.1) is 46.8 Å². The van der Waals surface area contributed by atoms with Crippen LogP contribution in [0.2, 0.25) is 0 Å². The highest BCUT2D eigenvalue weighted by Gasteiger charge is 2.56. The van der Waals surface area contributed by atoms with Gasteiger partial charge in [-0.05, 0) is 105 Å². The van der Waals surface area contributed by atoms with Crippen molar-refractivity contribution >= 4 is 0 Å². The van der Waals surface area contributed by atoms with Crippen LogP contribution in [0.15, 0.2) is 0 Å². The van der Waals surface area contributed by atoms with Crippen LogP contribution in [0.25, 0.3) is 0 Å². The molecular weight excluding hydrogens is 336 g/mol. The molecule has 3 nitrogen and oxygen atoms in total. The van der Waals surface area contributed by atoms with E-state index in [9.17, 15) is 10.2 Å². The molecule has 0 aromatic heterocycles. The lowest BCUT2D eigenvalue weighted by Gasteiger charge is -2.61. The fourth-order valence-corrected chi connectivity index (χ4v) is 8.66. The summed E-state index contributed by atoms with van der Waals surface area (Å²) < 4.78 is 5.33. The zero-order chi connectivity index (χ0) is 19.2. The van der Waals surface area contributed by atoms with Crippen LogP contribution in [0.5, 0.6) is 0 Å². The first-order valence-electron chi connectivity index (χ1n) is 11.7. The molecule has 27 heavy (non-hydrogen) atoms. The molecule has 0 aliphatic heterocycles. The first kappa shape index (κ1) is 20.2. The molecule has 4 saturated carbocycles. The van der Waals surface area contributed by atoms with Gasteiger partial charge in [-0.2, -0.15) is 0 Å². The quantitative estimate of drug-likeness (QED) is 0.748. The Morgan fingerprint density at radius 2 is 1.78 bits per heavy atom. The van der Waals surface area contributed by atoms with E-state index in [2.05, 4.69) is 13.8 Å². The average molecular weight is 379 g/mol. The number of rotatable bonds is 4. The van der Waals surface area contributed by atoms with Crippen molar-refractivity contribution in [1.82, 2.24) is 0 Å². The predicted octanol–water partition coefficient (Wildman–Crippen LogP) is 4.65. The molecule has 9 atom stereocenters. The Kier molecular flexibility index (Phi) is 5.68. The maximum atomic E-state index is 10.9. The van der Waals surface area contributed by atoms with Crippen molar-refractivity contribution in [2.75, 3.05) is 20.3 Å². The Balaban J connectivity index is 1.51. The standard InChI is InChI=1S/C24H42O3/c1-16(14-25)21-5-4-6-22-20-8-7-17-13-24(26,15-27-3)12-10-18(17)19(20)9-11-23(21,22)2/h16-22,25-26H,4-15H2,1-3H3/t16-,17-,18+,19-,20-,21?,22+,23-,24-/m1/s1. The van der Waals surface area contributed by atoms with Crippen molar-refractivity contribution < 1.29 is 14.9 Å². The van der Waals surface area contributed by atoms with Gasteiger partial charge in [0.05, 0.1) is 12.2 Å². The van der Waals surface area contributed by atoms with Gasteiger partial charge in [0.25, 0.3) is 0 Å². The minimum atomic E-state index is -0.571. The maximum Gasteiger partial charge on any atom is 0.0882 e. The van der Waals surface area contributed by atoms with Crippen molar-refractivity contribution in [3.8, 4) is 0 Å². The lowest BCUT2D eigenvalue weighted by molar-refractivity contribution is -0.147. The van der Waals surface area contributed by atoms with Crippen LogP contribution in [0.3, 0.4) is 0 Å². The van der Waals surface area contributed by atoms with Gasteiger partial charge in [0.2, 0.25) is 0 Å². The van der Waals surface area contributed by atoms with Crippen LogP contribution in [-0.4, -0.2) is 36.1 Å². The summed E-state index contributed by atoms with van der Waals surface area (Å²) >= 11 is 0. The molecule has 1 unspecified atom stereocenters. The Bertz CT molecular complexity index is 522. The minimum Gasteiger partial charge on any atom is -0.396 e. The van der Waals surface area contributed by atoms with Gasteiger partial charge < -0.3 is 14.9 Å². The first-order valence-corrected chi connectivity index (χ1v) is 11.7. The summed E-state index contributed by atoms with van der Waals surface area (Å²) in [5.74, 6) is 5.35. The number of fused-ring (bicyclic) bond motifs is 5. The summed E-state index contributed by atoms with van der Waals surface area (Å²) in [6.45, 7) is 5.71. The summed E-state index contributed by atoms with van der Waals surface area (Å²) in [4.78, 5) is 0. The van der Waals surface area contributed by atoms with E-state index in [1.165, 1.54) is 51.4 Å². The Morgan fingerprint density at radius 3 is 2.52 bits per heavy atom. The molecule has 0 radical (unpaired) electrons. The first-order chi connectivity index (χ1) is 12.9. The van der Waals surface area contributed by atoms with Gasteiger partial charge in [-0.3, -0.25) is 0 Å². The molecule has 0 aromatic rings. The van der Waals surface area contributed by atoms with E-state index in [4.69, 9.17) is 4.74 Å². The second kappa shape index (κ2) is 7.61. The fourth-order valence-electron chi connectivity index (χ4n) is 8.66. The van der Waals surface area contributed by atoms with Crippen LogP contribution < -0.4 is 0 Å². The molecule has 0 aromatic carbocycles. The van der Waals surface area contributed by atoms with Gasteiger partial charge in [-0.1, -0.05) is 20.3 Å². The van der Waals surface area contributed by atoms with Crippen molar-refractivity contribution in [3.05, 3.63) is 0 Å². The Hall–Kier alpha value is -0.120. The topological polar surface area (TPSA) is 49.7 Å². The Labute approximate surface area is 166 Å². The third-order valence-electron chi connectivity index (χ3n) is 9.81. The van der Waals surface area contributed by atoms with Crippen molar-refractivity contribution in [1.29, 1.82) is 0 Å². The van der Waals surface area contributed by atoms with E-state index in [0.29, 0.717) is 36.4 Å². The lowest BCUT2D eigenvalue weighted by Crippen LogP contribution is -2.55. The average Bonchev–Trinajstić information content (AvgIpc) is 2.65. The second-order valence-electron chi connectivity index (χ2n) is 11.1. The van der Waals surface area contributed by atoms with Gasteiger partial charge in [0.1, 0.15) is 0 Å². The van der Waals surface area contributed by atoms with Crippen LogP contribution in [0.4, 0.5) is 0 Å². The van der Waals surface area contributed by atoms with Crippen molar-refractivity contribution in [3.63, 3.8) is 0 Å². The number of hydrogen-bond donors (Lipinski definition) is 2. The van der Waals surface area contributed by atoms with Gasteiger partial charge in [0, 0.05) is 13.7 Å². The summed E-state index contributed by atoms with van der Waals surface area (Å²) in [5.41, 5.74) is -0.127. The van der Waals surface area contributed by atoms with Crippen molar-refractivity contribution in [2.45, 2.75) is 83.7 Å². The van der Waals surface area contributed by atoms with Gasteiger partial charge in [0.15, 0.2) is 0 Å². The number of methoxy groups -OCH3 is 1. The molecule has 0 saturated heterocycles. The minimum absolute atomic E-state index is 0.351. The number of hydrogen-bond acceptors (Lipinski definition) is 3. The normalized spacial score (nSPS) is 51.0. The molecular formula is C24H42O3. The van der Waals surface area contributed by atoms with Crippen molar-refractivity contribution in [2.24, 2.45) is 46.8 Å². The van der Waals surface area contributed by atoms with Gasteiger partial charge in [-0.25, -0.2) is 0 Å². The molecule has 0 heterocycles. The zero-order valence-corrected chi connectivity index (χ0v) is 17.8. The van der Waals surface area contributed by atoms with Crippen LogP contribution in [-0.2, 0) is 4.74 Å². The van der Waals surface area contributed by atoms with E-state index < -0.39 is 5.60 Å². The van der Waals surface area contributed by atoms with E-state index in [1.54, 1.807) is 7.11 Å². The molecule has 0 amide bonds. The van der Waals surface area contributed by atoms with Crippen LogP contribution in [0.1, 0.15) is 78.1 Å². The largest absolute Gasteiger partial charge is 0.396 e. The fraction of sp³-hybridized carbons (Fsp3) is 1.00. The lowest BCUT2D eigenvalue weighted by atomic mass is 9.44. The molecule has 3 heteroatoms. The molecule has 2 N–H and O–H groups in total. The molecule has 156 valence electrons. The summed E-state index contributed by atoms with van der Waals surface area (Å²) in [6, 6.07) is 0. The molecule has 0 bridgehead atoms. The van der Waals surface area contributed by atoms with Gasteiger partial charge >= 0.3 is 0 Å².